The molecule has 0 aliphatic heterocycles. The summed E-state index contributed by atoms with van der Waals surface area (Å²) in [7, 11) is 1.76. The molecule has 3 aromatic heterocycles. The first kappa shape index (κ1) is 18.0. The van der Waals surface area contributed by atoms with Gasteiger partial charge in [-0.3, -0.25) is 9.69 Å². The highest BCUT2D eigenvalue weighted by atomic mass is 32.1. The number of rotatable bonds is 7. The highest BCUT2D eigenvalue weighted by molar-refractivity contribution is 7.15. The van der Waals surface area contributed by atoms with Gasteiger partial charge in [0.1, 0.15) is 16.6 Å². The van der Waals surface area contributed by atoms with Crippen LogP contribution in [0.5, 0.6) is 0 Å². The molecule has 7 nitrogen and oxygen atoms in total. The molecular weight excluding hydrogens is 350 g/mol. The summed E-state index contributed by atoms with van der Waals surface area (Å²) in [5.41, 5.74) is 1.93. The lowest BCUT2D eigenvalue weighted by molar-refractivity contribution is -0.138. The van der Waals surface area contributed by atoms with E-state index < -0.39 is 5.97 Å². The smallest absolute Gasteiger partial charge is 0.317 e. The van der Waals surface area contributed by atoms with Crippen molar-refractivity contribution >= 4 is 28.9 Å². The Morgan fingerprint density at radius 1 is 1.27 bits per heavy atom. The maximum atomic E-state index is 10.8. The zero-order chi connectivity index (χ0) is 18.5. The van der Waals surface area contributed by atoms with E-state index >= 15 is 0 Å². The van der Waals surface area contributed by atoms with Gasteiger partial charge in [-0.1, -0.05) is 6.07 Å². The highest BCUT2D eigenvalue weighted by Gasteiger charge is 2.11. The molecule has 3 aromatic rings. The molecule has 0 spiro atoms. The van der Waals surface area contributed by atoms with E-state index in [0.29, 0.717) is 12.4 Å². The number of likely N-dealkylation sites (N-methyl/N-ethyl adjacent to an activating group) is 1. The van der Waals surface area contributed by atoms with Crippen molar-refractivity contribution in [3.63, 3.8) is 0 Å². The third-order valence-corrected chi connectivity index (χ3v) is 4.54. The van der Waals surface area contributed by atoms with E-state index in [0.717, 1.165) is 27.0 Å². The van der Waals surface area contributed by atoms with E-state index in [2.05, 4.69) is 20.3 Å². The second-order valence-corrected chi connectivity index (χ2v) is 7.05. The molecule has 3 rings (SSSR count). The topological polar surface area (TPSA) is 91.2 Å². The second-order valence-electron chi connectivity index (χ2n) is 5.94. The molecule has 8 heteroatoms. The number of aliphatic carboxylic acids is 1. The lowest BCUT2D eigenvalue weighted by Crippen LogP contribution is -2.24. The van der Waals surface area contributed by atoms with Gasteiger partial charge in [-0.2, -0.15) is 0 Å². The number of anilines is 2. The number of nitrogens with one attached hydrogen (secondary N) is 1. The number of nitrogens with zero attached hydrogens (tertiary/aromatic N) is 4. The van der Waals surface area contributed by atoms with Crippen LogP contribution in [0.4, 0.5) is 11.6 Å². The van der Waals surface area contributed by atoms with E-state index in [-0.39, 0.29) is 6.54 Å². The predicted molar refractivity (Wildman–Crippen MR) is 102 cm³/mol. The van der Waals surface area contributed by atoms with E-state index in [1.54, 1.807) is 24.3 Å². The number of aryl methyl sites for hydroxylation is 1. The van der Waals surface area contributed by atoms with Gasteiger partial charge >= 0.3 is 5.97 Å². The van der Waals surface area contributed by atoms with Crippen molar-refractivity contribution < 1.29 is 9.90 Å². The molecule has 2 N–H and O–H groups in total. The minimum Gasteiger partial charge on any atom is -0.480 e. The first-order valence-corrected chi connectivity index (χ1v) is 8.83. The molecule has 0 saturated heterocycles. The molecule has 26 heavy (non-hydrogen) atoms. The van der Waals surface area contributed by atoms with Crippen molar-refractivity contribution in [2.24, 2.45) is 0 Å². The summed E-state index contributed by atoms with van der Waals surface area (Å²) in [6, 6.07) is 9.63. The lowest BCUT2D eigenvalue weighted by Gasteiger charge is -2.10. The maximum absolute atomic E-state index is 10.8. The van der Waals surface area contributed by atoms with E-state index in [9.17, 15) is 4.79 Å². The van der Waals surface area contributed by atoms with Gasteiger partial charge in [-0.25, -0.2) is 15.0 Å². The zero-order valence-electron chi connectivity index (χ0n) is 14.5. The van der Waals surface area contributed by atoms with Crippen LogP contribution in [0.2, 0.25) is 0 Å². The maximum Gasteiger partial charge on any atom is 0.317 e. The Bertz CT molecular complexity index is 912. The normalized spacial score (nSPS) is 10.9. The molecule has 0 aliphatic carbocycles. The Hall–Kier alpha value is -2.84. The second kappa shape index (κ2) is 8.03. The van der Waals surface area contributed by atoms with Crippen LogP contribution >= 0.6 is 11.3 Å². The lowest BCUT2D eigenvalue weighted by atomic mass is 10.3. The largest absolute Gasteiger partial charge is 0.480 e. The molecule has 0 aromatic carbocycles. The number of hydrogen-bond acceptors (Lipinski definition) is 7. The number of carbonyl (C=O) groups is 1. The average molecular weight is 369 g/mol. The number of aromatic nitrogens is 3. The quantitative estimate of drug-likeness (QED) is 0.661. The molecule has 0 aliphatic rings. The van der Waals surface area contributed by atoms with Crippen molar-refractivity contribution in [1.29, 1.82) is 0 Å². The van der Waals surface area contributed by atoms with Crippen molar-refractivity contribution in [1.82, 2.24) is 19.9 Å². The van der Waals surface area contributed by atoms with Crippen LogP contribution in [0.15, 0.2) is 42.7 Å². The Labute approximate surface area is 155 Å². The molecule has 134 valence electrons. The number of thiazole rings is 1. The first-order valence-electron chi connectivity index (χ1n) is 8.02. The standard InChI is InChI=1S/C18H19N5O2S/c1-12-6-7-19-16(8-12)22-15-5-3-4-13(21-15)14-9-20-17(26-14)10-23(2)11-18(24)25/h3-9H,10-11H2,1-2H3,(H,24,25)(H,19,21,22). The summed E-state index contributed by atoms with van der Waals surface area (Å²) in [4.78, 5) is 26.7. The van der Waals surface area contributed by atoms with Crippen molar-refractivity contribution in [3.05, 3.63) is 53.3 Å². The van der Waals surface area contributed by atoms with Crippen LogP contribution < -0.4 is 5.32 Å². The van der Waals surface area contributed by atoms with Crippen LogP contribution in [0, 0.1) is 6.92 Å². The fourth-order valence-corrected chi connectivity index (χ4v) is 3.36. The van der Waals surface area contributed by atoms with Crippen LogP contribution in [-0.2, 0) is 11.3 Å². The summed E-state index contributed by atoms with van der Waals surface area (Å²) in [6.07, 6.45) is 3.52. The van der Waals surface area contributed by atoms with Crippen LogP contribution in [0.1, 0.15) is 10.6 Å². The molecule has 0 amide bonds. The Balaban J connectivity index is 1.73. The van der Waals surface area contributed by atoms with Gasteiger partial charge in [0.15, 0.2) is 0 Å². The molecule has 0 unspecified atom stereocenters. The van der Waals surface area contributed by atoms with Crippen LogP contribution in [0.3, 0.4) is 0 Å². The summed E-state index contributed by atoms with van der Waals surface area (Å²) >= 11 is 1.51. The number of carboxylic acid groups (broad SMARTS) is 1. The van der Waals surface area contributed by atoms with Gasteiger partial charge in [0.05, 0.1) is 23.7 Å². The van der Waals surface area contributed by atoms with Gasteiger partial charge < -0.3 is 10.4 Å². The fourth-order valence-electron chi connectivity index (χ4n) is 2.40. The average Bonchev–Trinajstić information content (AvgIpc) is 3.03. The van der Waals surface area contributed by atoms with E-state index in [1.165, 1.54) is 11.3 Å². The van der Waals surface area contributed by atoms with Gasteiger partial charge in [-0.15, -0.1) is 11.3 Å². The molecule has 3 heterocycles. The van der Waals surface area contributed by atoms with Gasteiger partial charge in [0.25, 0.3) is 0 Å². The minimum absolute atomic E-state index is 0.0178. The Morgan fingerprint density at radius 2 is 2.12 bits per heavy atom. The molecule has 0 atom stereocenters. The molecule has 0 fully saturated rings. The minimum atomic E-state index is -0.852. The third-order valence-electron chi connectivity index (χ3n) is 3.54. The van der Waals surface area contributed by atoms with E-state index in [4.69, 9.17) is 5.11 Å². The van der Waals surface area contributed by atoms with Crippen LogP contribution in [0.25, 0.3) is 10.6 Å². The molecular formula is C18H19N5O2S. The summed E-state index contributed by atoms with van der Waals surface area (Å²) in [5, 5.41) is 12.9. The van der Waals surface area contributed by atoms with Crippen molar-refractivity contribution in [2.45, 2.75) is 13.5 Å². The van der Waals surface area contributed by atoms with Crippen LogP contribution in [-0.4, -0.2) is 44.5 Å². The monoisotopic (exact) mass is 369 g/mol. The predicted octanol–water partition coefficient (Wildman–Crippen LogP) is 3.17. The van der Waals surface area contributed by atoms with E-state index in [1.807, 2.05) is 37.3 Å². The highest BCUT2D eigenvalue weighted by Crippen LogP contribution is 2.26. The number of pyridine rings is 2. The summed E-state index contributed by atoms with van der Waals surface area (Å²) in [6.45, 7) is 2.48. The fraction of sp³-hybridized carbons (Fsp3) is 0.222. The Kier molecular flexibility index (Phi) is 5.55. The zero-order valence-corrected chi connectivity index (χ0v) is 15.3. The van der Waals surface area contributed by atoms with Crippen molar-refractivity contribution in [3.8, 4) is 10.6 Å². The number of hydrogen-bond donors (Lipinski definition) is 2. The molecule has 0 bridgehead atoms. The van der Waals surface area contributed by atoms with Gasteiger partial charge in [0, 0.05) is 12.4 Å². The third kappa shape index (κ3) is 4.84. The van der Waals surface area contributed by atoms with Gasteiger partial charge in [0.2, 0.25) is 0 Å². The van der Waals surface area contributed by atoms with Gasteiger partial charge in [-0.05, 0) is 43.8 Å². The first-order chi connectivity index (χ1) is 12.5. The summed E-state index contributed by atoms with van der Waals surface area (Å²) < 4.78 is 0. The molecule has 0 saturated carbocycles. The molecule has 0 radical (unpaired) electrons. The summed E-state index contributed by atoms with van der Waals surface area (Å²) in [5.74, 6) is 0.600. The SMILES string of the molecule is Cc1ccnc(Nc2cccc(-c3cnc(CN(C)CC(=O)O)s3)n2)c1. The Morgan fingerprint density at radius 3 is 2.88 bits per heavy atom. The van der Waals surface area contributed by atoms with Crippen molar-refractivity contribution in [2.75, 3.05) is 18.9 Å². The number of carboxylic acids is 1.